The Bertz CT molecular complexity index is 881. The average molecular weight is 344 g/mol. The van der Waals surface area contributed by atoms with E-state index in [2.05, 4.69) is 31.2 Å². The van der Waals surface area contributed by atoms with E-state index in [4.69, 9.17) is 9.47 Å². The van der Waals surface area contributed by atoms with Gasteiger partial charge in [-0.1, -0.05) is 26.2 Å². The lowest BCUT2D eigenvalue weighted by atomic mass is 9.77. The number of benzene rings is 1. The average Bonchev–Trinajstić information content (AvgIpc) is 3.06. The number of aromatic nitrogens is 4. The lowest BCUT2D eigenvalue weighted by Crippen LogP contribution is -2.29. The second kappa shape index (κ2) is 6.05. The van der Waals surface area contributed by atoms with Crippen LogP contribution in [0.5, 0.6) is 5.75 Å². The standard InChI is InChI=1S/C16H21BN4O4/c1-16(2,3)9-7-11(21-15(23)20(4)18-19-21)13(8-10(9)17)25-12-5-6-24-14(12)22/h7-8,12H,5-6,17H2,1-4H3. The molecule has 3 rings (SSSR count). The zero-order chi connectivity index (χ0) is 18.4. The van der Waals surface area contributed by atoms with Crippen molar-refractivity contribution in [1.29, 1.82) is 0 Å². The molecule has 1 aliphatic rings. The molecule has 9 heteroatoms. The van der Waals surface area contributed by atoms with Gasteiger partial charge in [0.15, 0.2) is 6.10 Å². The van der Waals surface area contributed by atoms with Gasteiger partial charge in [-0.2, -0.15) is 9.36 Å². The highest BCUT2D eigenvalue weighted by molar-refractivity contribution is 6.33. The van der Waals surface area contributed by atoms with Gasteiger partial charge < -0.3 is 9.47 Å². The third-order valence-electron chi connectivity index (χ3n) is 4.22. The first-order valence-electron chi connectivity index (χ1n) is 8.16. The number of rotatable bonds is 3. The monoisotopic (exact) mass is 344 g/mol. The SMILES string of the molecule is Bc1cc(OC2CCOC2=O)c(-n2nnn(C)c2=O)cc1C(C)(C)C. The van der Waals surface area contributed by atoms with Gasteiger partial charge in [0, 0.05) is 13.5 Å². The quantitative estimate of drug-likeness (QED) is 0.536. The van der Waals surface area contributed by atoms with Crippen molar-refractivity contribution < 1.29 is 14.3 Å². The fourth-order valence-electron chi connectivity index (χ4n) is 2.94. The van der Waals surface area contributed by atoms with Crippen LogP contribution in [0.4, 0.5) is 0 Å². The molecule has 2 heterocycles. The molecule has 0 amide bonds. The van der Waals surface area contributed by atoms with Gasteiger partial charge in [-0.3, -0.25) is 0 Å². The fraction of sp³-hybridized carbons (Fsp3) is 0.500. The molecule has 0 bridgehead atoms. The molecule has 1 atom stereocenters. The third kappa shape index (κ3) is 3.18. The smallest absolute Gasteiger partial charge is 0.368 e. The first kappa shape index (κ1) is 17.3. The lowest BCUT2D eigenvalue weighted by Gasteiger charge is -2.24. The molecule has 1 aromatic carbocycles. The maximum Gasteiger partial charge on any atom is 0.368 e. The maximum atomic E-state index is 12.3. The lowest BCUT2D eigenvalue weighted by molar-refractivity contribution is -0.143. The highest BCUT2D eigenvalue weighted by Crippen LogP contribution is 2.29. The topological polar surface area (TPSA) is 88.2 Å². The van der Waals surface area contributed by atoms with Gasteiger partial charge in [-0.15, -0.1) is 0 Å². The minimum Gasteiger partial charge on any atom is -0.476 e. The van der Waals surface area contributed by atoms with Crippen molar-refractivity contribution in [3.63, 3.8) is 0 Å². The van der Waals surface area contributed by atoms with E-state index in [-0.39, 0.29) is 11.1 Å². The van der Waals surface area contributed by atoms with Crippen LogP contribution < -0.4 is 15.9 Å². The molecule has 1 saturated heterocycles. The Morgan fingerprint density at radius 1 is 1.28 bits per heavy atom. The van der Waals surface area contributed by atoms with Crippen molar-refractivity contribution >= 4 is 19.3 Å². The molecule has 0 saturated carbocycles. The van der Waals surface area contributed by atoms with E-state index < -0.39 is 12.1 Å². The van der Waals surface area contributed by atoms with Crippen LogP contribution in [0, 0.1) is 0 Å². The molecule has 8 nitrogen and oxygen atoms in total. The highest BCUT2D eigenvalue weighted by Gasteiger charge is 2.30. The number of carbonyl (C=O) groups excluding carboxylic acids is 1. The molecule has 1 fully saturated rings. The summed E-state index contributed by atoms with van der Waals surface area (Å²) in [5.74, 6) is 0.0203. The predicted octanol–water partition coefficient (Wildman–Crippen LogP) is -0.784. The summed E-state index contributed by atoms with van der Waals surface area (Å²) in [5.41, 5.74) is 2.02. The summed E-state index contributed by atoms with van der Waals surface area (Å²) in [5, 5.41) is 7.68. The predicted molar refractivity (Wildman–Crippen MR) is 93.5 cm³/mol. The number of hydrogen-bond acceptors (Lipinski definition) is 6. The van der Waals surface area contributed by atoms with E-state index in [9.17, 15) is 9.59 Å². The summed E-state index contributed by atoms with van der Waals surface area (Å²) in [6.07, 6.45) is -0.195. The molecular weight excluding hydrogens is 323 g/mol. The van der Waals surface area contributed by atoms with Gasteiger partial charge in [0.05, 0.1) is 6.61 Å². The largest absolute Gasteiger partial charge is 0.476 e. The summed E-state index contributed by atoms with van der Waals surface area (Å²) in [4.78, 5) is 24.1. The minimum absolute atomic E-state index is 0.129. The number of carbonyl (C=O) groups is 1. The van der Waals surface area contributed by atoms with Gasteiger partial charge in [-0.05, 0) is 33.5 Å². The van der Waals surface area contributed by atoms with Gasteiger partial charge >= 0.3 is 11.7 Å². The van der Waals surface area contributed by atoms with Gasteiger partial charge in [-0.25, -0.2) is 9.59 Å². The van der Waals surface area contributed by atoms with Crippen molar-refractivity contribution in [2.24, 2.45) is 7.05 Å². The fourth-order valence-corrected chi connectivity index (χ4v) is 2.94. The van der Waals surface area contributed by atoms with E-state index in [1.54, 1.807) is 0 Å². The second-order valence-corrected chi connectivity index (χ2v) is 7.24. The van der Waals surface area contributed by atoms with E-state index in [1.165, 1.54) is 11.7 Å². The van der Waals surface area contributed by atoms with E-state index in [0.717, 1.165) is 15.7 Å². The number of esters is 1. The van der Waals surface area contributed by atoms with Gasteiger partial charge in [0.1, 0.15) is 19.3 Å². The summed E-state index contributed by atoms with van der Waals surface area (Å²) in [6.45, 7) is 6.61. The first-order chi connectivity index (χ1) is 11.7. The summed E-state index contributed by atoms with van der Waals surface area (Å²) in [7, 11) is 3.50. The van der Waals surface area contributed by atoms with Gasteiger partial charge in [0.2, 0.25) is 0 Å². The van der Waals surface area contributed by atoms with Crippen LogP contribution in [-0.2, 0) is 22.0 Å². The molecule has 25 heavy (non-hydrogen) atoms. The van der Waals surface area contributed by atoms with Crippen LogP contribution in [0.3, 0.4) is 0 Å². The molecule has 0 aliphatic carbocycles. The summed E-state index contributed by atoms with van der Waals surface area (Å²) >= 11 is 0. The van der Waals surface area contributed by atoms with E-state index in [1.807, 2.05) is 20.0 Å². The van der Waals surface area contributed by atoms with Crippen molar-refractivity contribution in [1.82, 2.24) is 19.8 Å². The minimum atomic E-state index is -0.675. The number of aryl methyl sites for hydroxylation is 1. The van der Waals surface area contributed by atoms with Crippen molar-refractivity contribution in [3.05, 3.63) is 28.2 Å². The van der Waals surface area contributed by atoms with E-state index >= 15 is 0 Å². The molecule has 0 radical (unpaired) electrons. The van der Waals surface area contributed by atoms with Crippen LogP contribution in [0.2, 0.25) is 0 Å². The molecule has 1 unspecified atom stereocenters. The molecule has 2 aromatic rings. The number of hydrogen-bond donors (Lipinski definition) is 0. The summed E-state index contributed by atoms with van der Waals surface area (Å²) < 4.78 is 13.2. The molecule has 0 N–H and O–H groups in total. The normalized spacial score (nSPS) is 17.6. The van der Waals surface area contributed by atoms with Crippen LogP contribution in [0.25, 0.3) is 5.69 Å². The Kier molecular flexibility index (Phi) is 4.18. The zero-order valence-corrected chi connectivity index (χ0v) is 15.1. The molecule has 1 aromatic heterocycles. The van der Waals surface area contributed by atoms with Crippen LogP contribution in [-0.4, -0.2) is 46.3 Å². The molecule has 132 valence electrons. The third-order valence-corrected chi connectivity index (χ3v) is 4.22. The number of cyclic esters (lactones) is 1. The van der Waals surface area contributed by atoms with Crippen molar-refractivity contribution in [2.75, 3.05) is 6.61 Å². The maximum absolute atomic E-state index is 12.3. The summed E-state index contributed by atoms with van der Waals surface area (Å²) in [6, 6.07) is 3.71. The number of nitrogens with zero attached hydrogens (tertiary/aromatic N) is 4. The van der Waals surface area contributed by atoms with E-state index in [0.29, 0.717) is 24.5 Å². The second-order valence-electron chi connectivity index (χ2n) is 7.24. The number of tetrazole rings is 1. The Labute approximate surface area is 146 Å². The Balaban J connectivity index is 2.15. The van der Waals surface area contributed by atoms with Crippen LogP contribution in [0.15, 0.2) is 16.9 Å². The Morgan fingerprint density at radius 3 is 2.52 bits per heavy atom. The Hall–Kier alpha value is -2.58. The zero-order valence-electron chi connectivity index (χ0n) is 15.1. The van der Waals surface area contributed by atoms with Gasteiger partial charge in [0.25, 0.3) is 0 Å². The Morgan fingerprint density at radius 2 is 2.00 bits per heavy atom. The highest BCUT2D eigenvalue weighted by atomic mass is 16.6. The molecule has 0 spiro atoms. The van der Waals surface area contributed by atoms with Crippen molar-refractivity contribution in [3.8, 4) is 11.4 Å². The first-order valence-corrected chi connectivity index (χ1v) is 8.16. The van der Waals surface area contributed by atoms with Crippen molar-refractivity contribution in [2.45, 2.75) is 38.7 Å². The molecule has 1 aliphatic heterocycles. The van der Waals surface area contributed by atoms with Crippen LogP contribution >= 0.6 is 0 Å². The number of ether oxygens (including phenoxy) is 2. The molecular formula is C16H21BN4O4. The van der Waals surface area contributed by atoms with Crippen LogP contribution in [0.1, 0.15) is 32.8 Å².